The molecule has 0 N–H and O–H groups in total. The average Bonchev–Trinajstić information content (AvgIpc) is 2.74. The number of rotatable bonds is 2. The molecule has 0 aliphatic heterocycles. The molecule has 0 amide bonds. The van der Waals surface area contributed by atoms with E-state index in [4.69, 9.17) is 0 Å². The fourth-order valence-corrected chi connectivity index (χ4v) is 3.98. The van der Waals surface area contributed by atoms with E-state index in [1.54, 1.807) is 0 Å². The Kier molecular flexibility index (Phi) is 2.75. The molecule has 3 aliphatic carbocycles. The van der Waals surface area contributed by atoms with Crippen LogP contribution in [0.1, 0.15) is 25.7 Å². The van der Waals surface area contributed by atoms with Crippen LogP contribution in [0.25, 0.3) is 0 Å². The van der Waals surface area contributed by atoms with Crippen molar-refractivity contribution in [2.24, 2.45) is 17.8 Å². The highest BCUT2D eigenvalue weighted by Crippen LogP contribution is 2.53. The summed E-state index contributed by atoms with van der Waals surface area (Å²) in [5, 5.41) is 0. The minimum Gasteiger partial charge on any atom is -0.380 e. The lowest BCUT2D eigenvalue weighted by Gasteiger charge is -2.16. The van der Waals surface area contributed by atoms with Crippen LogP contribution in [0, 0.1) is 17.8 Å². The topological polar surface area (TPSA) is 43.4 Å². The Hall–Kier alpha value is -0.980. The first-order valence-corrected chi connectivity index (χ1v) is 7.61. The van der Waals surface area contributed by atoms with Crippen LogP contribution in [0.3, 0.4) is 0 Å². The molecule has 2 bridgehead atoms. The molecular weight excluding hydrogens is 281 g/mol. The van der Waals surface area contributed by atoms with Crippen LogP contribution in [0.5, 0.6) is 0 Å². The third-order valence-electron chi connectivity index (χ3n) is 4.22. The molecule has 3 atom stereocenters. The first-order valence-electron chi connectivity index (χ1n) is 6.20. The molecule has 7 heteroatoms. The summed E-state index contributed by atoms with van der Waals surface area (Å²) in [5.41, 5.74) is -4.58. The number of alkyl halides is 3. The number of hydrogen-bond acceptors (Lipinski definition) is 3. The van der Waals surface area contributed by atoms with Gasteiger partial charge in [0, 0.05) is 5.92 Å². The molecule has 3 aliphatic rings. The average molecular weight is 294 g/mol. The molecule has 0 aromatic carbocycles. The molecule has 0 heterocycles. The SMILES string of the molecule is O=S(=O)(OC1=C2CC[C@H]3C=CC[C@@H]1C[C@@H]23)C(F)(F)F. The Morgan fingerprint density at radius 1 is 1.32 bits per heavy atom. The van der Waals surface area contributed by atoms with Crippen molar-refractivity contribution in [3.63, 3.8) is 0 Å². The Balaban J connectivity index is 1.94. The number of hydrogen-bond donors (Lipinski definition) is 0. The van der Waals surface area contributed by atoms with Crippen molar-refractivity contribution in [2.45, 2.75) is 31.2 Å². The van der Waals surface area contributed by atoms with Gasteiger partial charge in [0.05, 0.1) is 0 Å². The molecule has 1 saturated carbocycles. The van der Waals surface area contributed by atoms with Gasteiger partial charge < -0.3 is 4.18 Å². The number of halogens is 3. The summed E-state index contributed by atoms with van der Waals surface area (Å²) in [6.45, 7) is 0. The van der Waals surface area contributed by atoms with Gasteiger partial charge in [0.15, 0.2) is 0 Å². The largest absolute Gasteiger partial charge is 0.534 e. The van der Waals surface area contributed by atoms with Crippen molar-refractivity contribution in [2.75, 3.05) is 0 Å². The highest BCUT2D eigenvalue weighted by molar-refractivity contribution is 7.87. The smallest absolute Gasteiger partial charge is 0.380 e. The summed E-state index contributed by atoms with van der Waals surface area (Å²) < 4.78 is 64.0. The van der Waals surface area contributed by atoms with E-state index in [0.29, 0.717) is 25.2 Å². The maximum absolute atomic E-state index is 12.4. The molecule has 0 aromatic heterocycles. The predicted octanol–water partition coefficient (Wildman–Crippen LogP) is 3.11. The van der Waals surface area contributed by atoms with Crippen LogP contribution in [-0.4, -0.2) is 13.9 Å². The molecule has 3 nitrogen and oxygen atoms in total. The maximum atomic E-state index is 12.4. The van der Waals surface area contributed by atoms with Gasteiger partial charge in [-0.05, 0) is 43.1 Å². The fraction of sp³-hybridized carbons (Fsp3) is 0.667. The number of fused-ring (bicyclic) bond motifs is 1. The van der Waals surface area contributed by atoms with Crippen molar-refractivity contribution in [3.05, 3.63) is 23.5 Å². The highest BCUT2D eigenvalue weighted by Gasteiger charge is 2.52. The van der Waals surface area contributed by atoms with Crippen LogP contribution in [0.4, 0.5) is 13.2 Å². The molecule has 1 fully saturated rings. The Morgan fingerprint density at radius 3 is 2.74 bits per heavy atom. The highest BCUT2D eigenvalue weighted by atomic mass is 32.2. The lowest BCUT2D eigenvalue weighted by Crippen LogP contribution is -2.26. The first kappa shape index (κ1) is 13.0. The lowest BCUT2D eigenvalue weighted by atomic mass is 9.93. The molecule has 0 spiro atoms. The van der Waals surface area contributed by atoms with Crippen molar-refractivity contribution in [1.29, 1.82) is 0 Å². The first-order chi connectivity index (χ1) is 8.79. The van der Waals surface area contributed by atoms with Gasteiger partial charge in [-0.1, -0.05) is 12.2 Å². The predicted molar refractivity (Wildman–Crippen MR) is 61.2 cm³/mol. The zero-order valence-electron chi connectivity index (χ0n) is 9.98. The van der Waals surface area contributed by atoms with Gasteiger partial charge in [-0.3, -0.25) is 0 Å². The lowest BCUT2D eigenvalue weighted by molar-refractivity contribution is -0.0526. The van der Waals surface area contributed by atoms with Gasteiger partial charge in [0.1, 0.15) is 5.76 Å². The van der Waals surface area contributed by atoms with Crippen molar-refractivity contribution in [3.8, 4) is 0 Å². The summed E-state index contributed by atoms with van der Waals surface area (Å²) in [6, 6.07) is 0. The van der Waals surface area contributed by atoms with Crippen molar-refractivity contribution < 1.29 is 25.8 Å². The van der Waals surface area contributed by atoms with Gasteiger partial charge in [-0.25, -0.2) is 0 Å². The normalized spacial score (nSPS) is 33.7. The monoisotopic (exact) mass is 294 g/mol. The van der Waals surface area contributed by atoms with E-state index in [0.717, 1.165) is 12.0 Å². The van der Waals surface area contributed by atoms with Crippen LogP contribution in [0.2, 0.25) is 0 Å². The third-order valence-corrected chi connectivity index (χ3v) is 5.19. The number of allylic oxidation sites excluding steroid dienone is 4. The molecule has 19 heavy (non-hydrogen) atoms. The Morgan fingerprint density at radius 2 is 2.05 bits per heavy atom. The van der Waals surface area contributed by atoms with Crippen LogP contribution < -0.4 is 0 Å². The van der Waals surface area contributed by atoms with Crippen molar-refractivity contribution >= 4 is 10.1 Å². The minimum absolute atomic E-state index is 0.0641. The quantitative estimate of drug-likeness (QED) is 0.446. The van der Waals surface area contributed by atoms with Crippen LogP contribution in [0.15, 0.2) is 23.5 Å². The second-order valence-corrected chi connectivity index (χ2v) is 6.82. The van der Waals surface area contributed by atoms with Gasteiger partial charge in [0.2, 0.25) is 0 Å². The third kappa shape index (κ3) is 1.98. The summed E-state index contributed by atoms with van der Waals surface area (Å²) >= 11 is 0. The Labute approximate surface area is 109 Å². The van der Waals surface area contributed by atoms with E-state index < -0.39 is 15.6 Å². The Bertz CT molecular complexity index is 559. The molecule has 0 aromatic rings. The van der Waals surface area contributed by atoms with Crippen LogP contribution >= 0.6 is 0 Å². The van der Waals surface area contributed by atoms with Crippen molar-refractivity contribution in [1.82, 2.24) is 0 Å². The zero-order valence-corrected chi connectivity index (χ0v) is 10.8. The van der Waals surface area contributed by atoms with E-state index in [-0.39, 0.29) is 17.6 Å². The minimum atomic E-state index is -5.54. The van der Waals surface area contributed by atoms with E-state index >= 15 is 0 Å². The summed E-state index contributed by atoms with van der Waals surface area (Å²) in [6.07, 6.45) is 6.80. The van der Waals surface area contributed by atoms with Gasteiger partial charge in [0.25, 0.3) is 0 Å². The van der Waals surface area contributed by atoms with E-state index in [9.17, 15) is 21.6 Å². The second kappa shape index (κ2) is 4.01. The molecule has 0 radical (unpaired) electrons. The second-order valence-electron chi connectivity index (χ2n) is 5.28. The van der Waals surface area contributed by atoms with E-state index in [1.807, 2.05) is 6.08 Å². The van der Waals surface area contributed by atoms with E-state index in [2.05, 4.69) is 10.3 Å². The van der Waals surface area contributed by atoms with E-state index in [1.165, 1.54) is 0 Å². The summed E-state index contributed by atoms with van der Waals surface area (Å²) in [5.74, 6) is 0.338. The molecule has 0 saturated heterocycles. The molecule has 3 rings (SSSR count). The van der Waals surface area contributed by atoms with Gasteiger partial charge in [-0.15, -0.1) is 0 Å². The van der Waals surface area contributed by atoms with Gasteiger partial charge in [-0.2, -0.15) is 21.6 Å². The standard InChI is InChI=1S/C12H13F3O3S/c13-12(14,15)19(16,17)18-11-8-3-1-2-7-4-5-9(11)10(7)6-8/h1-2,7-8,10H,3-6H2/t7-,8-,10-/m1/s1. The summed E-state index contributed by atoms with van der Waals surface area (Å²) in [4.78, 5) is 0. The van der Waals surface area contributed by atoms with Gasteiger partial charge >= 0.3 is 15.6 Å². The zero-order chi connectivity index (χ0) is 13.8. The molecule has 106 valence electrons. The fourth-order valence-electron chi connectivity index (χ4n) is 3.40. The molecular formula is C12H13F3O3S. The van der Waals surface area contributed by atoms with Crippen LogP contribution in [-0.2, 0) is 14.3 Å². The molecule has 0 unspecified atom stereocenters. The maximum Gasteiger partial charge on any atom is 0.534 e. The summed E-state index contributed by atoms with van der Waals surface area (Å²) in [7, 11) is -5.54.